The average molecular weight is 298 g/mol. The van der Waals surface area contributed by atoms with Crippen LogP contribution in [0.5, 0.6) is 0 Å². The van der Waals surface area contributed by atoms with Crippen LogP contribution in [0.3, 0.4) is 0 Å². The van der Waals surface area contributed by atoms with Crippen molar-refractivity contribution in [1.29, 1.82) is 0 Å². The summed E-state index contributed by atoms with van der Waals surface area (Å²) in [5.41, 5.74) is 3.61. The van der Waals surface area contributed by atoms with Crippen LogP contribution in [-0.4, -0.2) is 21.3 Å². The van der Waals surface area contributed by atoms with E-state index < -0.39 is 0 Å². The Morgan fingerprint density at radius 3 is 3.05 bits per heavy atom. The maximum atomic E-state index is 12.2. The lowest BCUT2D eigenvalue weighted by molar-refractivity contribution is -0.122. The molecule has 0 saturated heterocycles. The highest BCUT2D eigenvalue weighted by atomic mass is 16.1. The molecule has 116 valence electrons. The van der Waals surface area contributed by atoms with E-state index in [1.165, 1.54) is 11.1 Å². The topological polar surface area (TPSA) is 70.7 Å². The van der Waals surface area contributed by atoms with Gasteiger partial charge in [0.2, 0.25) is 5.91 Å². The van der Waals surface area contributed by atoms with E-state index in [2.05, 4.69) is 45.9 Å². The first-order valence-electron chi connectivity index (χ1n) is 7.96. The van der Waals surface area contributed by atoms with E-state index in [1.807, 2.05) is 6.07 Å². The zero-order valence-corrected chi connectivity index (χ0v) is 12.9. The molecule has 2 atom stereocenters. The first-order chi connectivity index (χ1) is 10.7. The second-order valence-electron chi connectivity index (χ2n) is 6.09. The third-order valence-electron chi connectivity index (χ3n) is 4.37. The Morgan fingerprint density at radius 2 is 2.23 bits per heavy atom. The summed E-state index contributed by atoms with van der Waals surface area (Å²) in [4.78, 5) is 12.2. The van der Waals surface area contributed by atoms with Crippen molar-refractivity contribution in [2.45, 2.75) is 45.1 Å². The van der Waals surface area contributed by atoms with Gasteiger partial charge in [-0.2, -0.15) is 15.4 Å². The van der Waals surface area contributed by atoms with Crippen molar-refractivity contribution in [3.8, 4) is 0 Å². The fourth-order valence-electron chi connectivity index (χ4n) is 3.20. The fourth-order valence-corrected chi connectivity index (χ4v) is 3.20. The molecule has 1 amide bonds. The summed E-state index contributed by atoms with van der Waals surface area (Å²) in [7, 11) is 0. The summed E-state index contributed by atoms with van der Waals surface area (Å²) in [5.74, 6) is 0.616. The van der Waals surface area contributed by atoms with Crippen molar-refractivity contribution in [3.63, 3.8) is 0 Å². The highest BCUT2D eigenvalue weighted by Gasteiger charge is 2.29. The molecule has 0 saturated carbocycles. The van der Waals surface area contributed by atoms with Crippen LogP contribution in [0.2, 0.25) is 0 Å². The second-order valence-corrected chi connectivity index (χ2v) is 6.09. The SMILES string of the molecule is C[C@@H]1Cc2ccccc2[C@H]1NC(=O)CCCCc1cn[nH]n1. The van der Waals surface area contributed by atoms with Crippen molar-refractivity contribution in [2.75, 3.05) is 0 Å². The highest BCUT2D eigenvalue weighted by Crippen LogP contribution is 2.35. The quantitative estimate of drug-likeness (QED) is 0.805. The van der Waals surface area contributed by atoms with Gasteiger partial charge < -0.3 is 5.32 Å². The lowest BCUT2D eigenvalue weighted by Gasteiger charge is -2.18. The summed E-state index contributed by atoms with van der Waals surface area (Å²) >= 11 is 0. The maximum absolute atomic E-state index is 12.2. The van der Waals surface area contributed by atoms with Crippen LogP contribution in [0, 0.1) is 5.92 Å². The molecule has 1 aliphatic carbocycles. The minimum absolute atomic E-state index is 0.147. The van der Waals surface area contributed by atoms with Gasteiger partial charge in [-0.15, -0.1) is 0 Å². The number of hydrogen-bond donors (Lipinski definition) is 2. The van der Waals surface area contributed by atoms with Crippen LogP contribution in [0.4, 0.5) is 0 Å². The van der Waals surface area contributed by atoms with E-state index in [1.54, 1.807) is 6.20 Å². The van der Waals surface area contributed by atoms with Crippen LogP contribution >= 0.6 is 0 Å². The Balaban J connectivity index is 1.46. The van der Waals surface area contributed by atoms with Gasteiger partial charge in [-0.3, -0.25) is 4.79 Å². The summed E-state index contributed by atoms with van der Waals surface area (Å²) in [6.45, 7) is 2.20. The van der Waals surface area contributed by atoms with Gasteiger partial charge >= 0.3 is 0 Å². The summed E-state index contributed by atoms with van der Waals surface area (Å²) < 4.78 is 0. The number of benzene rings is 1. The predicted molar refractivity (Wildman–Crippen MR) is 84.1 cm³/mol. The molecule has 1 heterocycles. The number of carbonyl (C=O) groups excluding carboxylic acids is 1. The molecular formula is C17H22N4O. The van der Waals surface area contributed by atoms with E-state index in [4.69, 9.17) is 0 Å². The molecule has 1 aliphatic rings. The third kappa shape index (κ3) is 3.35. The highest BCUT2D eigenvalue weighted by molar-refractivity contribution is 5.76. The average Bonchev–Trinajstić information content (AvgIpc) is 3.13. The number of hydrogen-bond acceptors (Lipinski definition) is 3. The Kier molecular flexibility index (Phi) is 4.51. The smallest absolute Gasteiger partial charge is 0.220 e. The van der Waals surface area contributed by atoms with Gasteiger partial charge in [0.1, 0.15) is 0 Å². The fraction of sp³-hybridized carbons (Fsp3) is 0.471. The van der Waals surface area contributed by atoms with Crippen LogP contribution in [0.25, 0.3) is 0 Å². The second kappa shape index (κ2) is 6.73. The molecule has 5 nitrogen and oxygen atoms in total. The Labute approximate surface area is 130 Å². The van der Waals surface area contributed by atoms with Gasteiger partial charge in [-0.1, -0.05) is 31.2 Å². The number of H-pyrrole nitrogens is 1. The number of fused-ring (bicyclic) bond motifs is 1. The zero-order chi connectivity index (χ0) is 15.4. The normalized spacial score (nSPS) is 19.9. The van der Waals surface area contributed by atoms with Gasteiger partial charge in [0.05, 0.1) is 17.9 Å². The molecule has 3 rings (SSSR count). The maximum Gasteiger partial charge on any atom is 0.220 e. The Bertz CT molecular complexity index is 623. The van der Waals surface area contributed by atoms with Gasteiger partial charge in [0, 0.05) is 6.42 Å². The number of nitrogens with one attached hydrogen (secondary N) is 2. The van der Waals surface area contributed by atoms with Crippen molar-refractivity contribution < 1.29 is 4.79 Å². The number of aromatic amines is 1. The minimum atomic E-state index is 0.147. The van der Waals surface area contributed by atoms with Crippen LogP contribution in [-0.2, 0) is 17.6 Å². The van der Waals surface area contributed by atoms with Gasteiger partial charge in [0.25, 0.3) is 0 Å². The summed E-state index contributed by atoms with van der Waals surface area (Å²) in [6, 6.07) is 8.58. The molecule has 0 aliphatic heterocycles. The number of aryl methyl sites for hydroxylation is 1. The van der Waals surface area contributed by atoms with Gasteiger partial charge in [0.15, 0.2) is 0 Å². The van der Waals surface area contributed by atoms with E-state index in [0.29, 0.717) is 12.3 Å². The Hall–Kier alpha value is -2.17. The van der Waals surface area contributed by atoms with Crippen LogP contribution in [0.15, 0.2) is 30.5 Å². The zero-order valence-electron chi connectivity index (χ0n) is 12.9. The molecule has 0 unspecified atom stereocenters. The number of aromatic nitrogens is 3. The lowest BCUT2D eigenvalue weighted by atomic mass is 10.0. The summed E-state index contributed by atoms with van der Waals surface area (Å²) in [5, 5.41) is 13.6. The molecule has 5 heteroatoms. The number of amides is 1. The van der Waals surface area contributed by atoms with Crippen molar-refractivity contribution in [3.05, 3.63) is 47.3 Å². The molecule has 2 aromatic rings. The van der Waals surface area contributed by atoms with Crippen molar-refractivity contribution >= 4 is 5.91 Å². The van der Waals surface area contributed by atoms with Crippen molar-refractivity contribution in [2.24, 2.45) is 5.92 Å². The minimum Gasteiger partial charge on any atom is -0.349 e. The first-order valence-corrected chi connectivity index (χ1v) is 7.96. The van der Waals surface area contributed by atoms with Crippen molar-refractivity contribution in [1.82, 2.24) is 20.7 Å². The first kappa shape index (κ1) is 14.8. The number of nitrogens with zero attached hydrogens (tertiary/aromatic N) is 2. The molecule has 1 aromatic carbocycles. The molecule has 0 radical (unpaired) electrons. The molecule has 1 aromatic heterocycles. The molecule has 0 bridgehead atoms. The van der Waals surface area contributed by atoms with E-state index in [9.17, 15) is 4.79 Å². The third-order valence-corrected chi connectivity index (χ3v) is 4.37. The summed E-state index contributed by atoms with van der Waals surface area (Å²) in [6.07, 6.45) is 6.05. The van der Waals surface area contributed by atoms with Crippen LogP contribution in [0.1, 0.15) is 49.0 Å². The number of unbranched alkanes of at least 4 members (excludes halogenated alkanes) is 1. The molecule has 0 spiro atoms. The number of carbonyl (C=O) groups is 1. The predicted octanol–water partition coefficient (Wildman–Crippen LogP) is 2.57. The van der Waals surface area contributed by atoms with E-state index in [-0.39, 0.29) is 11.9 Å². The van der Waals surface area contributed by atoms with Gasteiger partial charge in [-0.05, 0) is 42.7 Å². The molecular weight excluding hydrogens is 276 g/mol. The standard InChI is InChI=1S/C17H22N4O/c1-12-10-13-6-2-4-8-15(13)17(12)19-16(22)9-5-3-7-14-11-18-21-20-14/h2,4,6,8,11-12,17H,3,5,7,9-10H2,1H3,(H,19,22)(H,18,20,21)/t12-,17+/m1/s1. The van der Waals surface area contributed by atoms with E-state index in [0.717, 1.165) is 31.4 Å². The largest absolute Gasteiger partial charge is 0.349 e. The van der Waals surface area contributed by atoms with E-state index >= 15 is 0 Å². The molecule has 0 fully saturated rings. The molecule has 2 N–H and O–H groups in total. The molecule has 22 heavy (non-hydrogen) atoms. The van der Waals surface area contributed by atoms with Crippen LogP contribution < -0.4 is 5.32 Å². The van der Waals surface area contributed by atoms with Gasteiger partial charge in [-0.25, -0.2) is 0 Å². The monoisotopic (exact) mass is 298 g/mol. The lowest BCUT2D eigenvalue weighted by Crippen LogP contribution is -2.30. The Morgan fingerprint density at radius 1 is 1.36 bits per heavy atom. The number of rotatable bonds is 6.